The molecule has 1 aliphatic rings. The molecule has 0 aliphatic carbocycles. The normalized spacial score (nSPS) is 14.3. The van der Waals surface area contributed by atoms with Crippen LogP contribution in [0.25, 0.3) is 27.5 Å². The number of rotatable bonds is 7. The van der Waals surface area contributed by atoms with Crippen molar-refractivity contribution in [2.24, 2.45) is 5.92 Å². The summed E-state index contributed by atoms with van der Waals surface area (Å²) in [6, 6.07) is 14.5. The highest BCUT2D eigenvalue weighted by Crippen LogP contribution is 2.23. The molecule has 1 aromatic carbocycles. The van der Waals surface area contributed by atoms with Crippen molar-refractivity contribution in [1.82, 2.24) is 24.4 Å². The van der Waals surface area contributed by atoms with Gasteiger partial charge in [0.2, 0.25) is 0 Å². The van der Waals surface area contributed by atoms with Crippen molar-refractivity contribution in [2.45, 2.75) is 19.4 Å². The summed E-state index contributed by atoms with van der Waals surface area (Å²) in [5.41, 5.74) is 3.65. The van der Waals surface area contributed by atoms with Crippen molar-refractivity contribution in [1.29, 1.82) is 0 Å². The van der Waals surface area contributed by atoms with Crippen LogP contribution >= 0.6 is 0 Å². The van der Waals surface area contributed by atoms with Crippen LogP contribution in [-0.2, 0) is 6.54 Å². The quantitative estimate of drug-likeness (QED) is 0.349. The van der Waals surface area contributed by atoms with E-state index in [0.29, 0.717) is 42.0 Å². The zero-order valence-corrected chi connectivity index (χ0v) is 20.7. The van der Waals surface area contributed by atoms with Crippen LogP contribution in [0.3, 0.4) is 0 Å². The summed E-state index contributed by atoms with van der Waals surface area (Å²) in [4.78, 5) is 31.8. The van der Waals surface area contributed by atoms with Crippen molar-refractivity contribution >= 4 is 5.69 Å². The van der Waals surface area contributed by atoms with Gasteiger partial charge in [-0.25, -0.2) is 14.8 Å². The minimum atomic E-state index is -0.113. The maximum Gasteiger partial charge on any atom is 0.250 e. The Morgan fingerprint density at radius 3 is 2.62 bits per heavy atom. The molecule has 1 aliphatic heterocycles. The van der Waals surface area contributed by atoms with Gasteiger partial charge in [0.05, 0.1) is 37.8 Å². The van der Waals surface area contributed by atoms with Crippen LogP contribution in [-0.4, -0.2) is 51.2 Å². The van der Waals surface area contributed by atoms with Gasteiger partial charge >= 0.3 is 0 Å². The molecule has 1 fully saturated rings. The van der Waals surface area contributed by atoms with Gasteiger partial charge in [-0.15, -0.1) is 0 Å². The van der Waals surface area contributed by atoms with Crippen LogP contribution in [0, 0.1) is 12.5 Å². The summed E-state index contributed by atoms with van der Waals surface area (Å²) in [6.07, 6.45) is 9.13. The average molecular weight is 493 g/mol. The van der Waals surface area contributed by atoms with E-state index in [1.54, 1.807) is 47.6 Å². The van der Waals surface area contributed by atoms with Crippen LogP contribution < -0.4 is 10.3 Å². The van der Waals surface area contributed by atoms with Crippen molar-refractivity contribution in [2.75, 3.05) is 26.7 Å². The highest BCUT2D eigenvalue weighted by atomic mass is 16.5. The Labute approximate surface area is 216 Å². The minimum Gasteiger partial charge on any atom is -0.490 e. The molecular formula is C29H28N6O2. The molecule has 4 heterocycles. The Balaban J connectivity index is 1.28. The second kappa shape index (κ2) is 11.1. The number of hydrogen-bond acceptors (Lipinski definition) is 6. The maximum absolute atomic E-state index is 12.6. The van der Waals surface area contributed by atoms with Crippen molar-refractivity contribution < 1.29 is 4.74 Å². The minimum absolute atomic E-state index is 0.113. The number of piperidine rings is 1. The molecule has 186 valence electrons. The molecule has 0 radical (unpaired) electrons. The molecule has 0 saturated carbocycles. The monoisotopic (exact) mass is 492 g/mol. The predicted molar refractivity (Wildman–Crippen MR) is 142 cm³/mol. The Hall–Kier alpha value is -4.35. The van der Waals surface area contributed by atoms with E-state index in [4.69, 9.17) is 11.3 Å². The van der Waals surface area contributed by atoms with Gasteiger partial charge in [0, 0.05) is 29.6 Å². The third kappa shape index (κ3) is 6.08. The lowest BCUT2D eigenvalue weighted by atomic mass is 9.98. The molecule has 0 bridgehead atoms. The Bertz CT molecular complexity index is 1470. The standard InChI is InChI=1S/C29H28N6O2/c1-30-25-8-11-31-27(15-25)24-6-7-28(36)35(19-24)18-22-4-3-5-23(14-22)29-32-16-26(17-33-29)37-20-21-9-12-34(2)13-10-21/h3-8,11,14-17,19,21H,9-10,12-13,18,20H2,2H3. The lowest BCUT2D eigenvalue weighted by molar-refractivity contribution is 0.159. The Morgan fingerprint density at radius 2 is 1.84 bits per heavy atom. The molecule has 4 aromatic rings. The molecule has 0 atom stereocenters. The topological polar surface area (TPSA) is 77.5 Å². The molecule has 1 saturated heterocycles. The fourth-order valence-electron chi connectivity index (χ4n) is 4.44. The van der Waals surface area contributed by atoms with Crippen molar-refractivity contribution in [3.05, 3.63) is 101 Å². The highest BCUT2D eigenvalue weighted by molar-refractivity contribution is 5.63. The SMILES string of the molecule is [C-]#[N+]c1ccnc(-c2ccc(=O)n(Cc3cccc(-c4ncc(OCC5CCN(C)CC5)cn4)c3)c2)c1. The summed E-state index contributed by atoms with van der Waals surface area (Å²) in [6.45, 7) is 10.5. The van der Waals surface area contributed by atoms with Gasteiger partial charge in [-0.1, -0.05) is 18.2 Å². The van der Waals surface area contributed by atoms with E-state index in [2.05, 4.69) is 31.7 Å². The smallest absolute Gasteiger partial charge is 0.250 e. The first kappa shape index (κ1) is 24.3. The van der Waals surface area contributed by atoms with Crippen LogP contribution in [0.15, 0.2) is 78.1 Å². The molecule has 3 aromatic heterocycles. The fraction of sp³-hybridized carbons (Fsp3) is 0.276. The van der Waals surface area contributed by atoms with Gasteiger partial charge in [0.15, 0.2) is 17.3 Å². The molecule has 0 amide bonds. The van der Waals surface area contributed by atoms with Crippen molar-refractivity contribution in [3.8, 4) is 28.4 Å². The third-order valence-electron chi connectivity index (χ3n) is 6.64. The Kier molecular flexibility index (Phi) is 7.33. The molecular weight excluding hydrogens is 464 g/mol. The predicted octanol–water partition coefficient (Wildman–Crippen LogP) is 4.69. The van der Waals surface area contributed by atoms with E-state index in [1.807, 2.05) is 24.3 Å². The largest absolute Gasteiger partial charge is 0.490 e. The second-order valence-electron chi connectivity index (χ2n) is 9.40. The number of hydrogen-bond donors (Lipinski definition) is 0. The first-order chi connectivity index (χ1) is 18.1. The molecule has 5 rings (SSSR count). The third-order valence-corrected chi connectivity index (χ3v) is 6.64. The molecule has 37 heavy (non-hydrogen) atoms. The molecule has 0 unspecified atom stereocenters. The number of pyridine rings is 2. The second-order valence-corrected chi connectivity index (χ2v) is 9.40. The zero-order valence-electron chi connectivity index (χ0n) is 20.7. The van der Waals surface area contributed by atoms with Crippen LogP contribution in [0.1, 0.15) is 18.4 Å². The van der Waals surface area contributed by atoms with Crippen LogP contribution in [0.2, 0.25) is 0 Å². The summed E-state index contributed by atoms with van der Waals surface area (Å²) >= 11 is 0. The number of aromatic nitrogens is 4. The van der Waals surface area contributed by atoms with E-state index in [1.165, 1.54) is 6.07 Å². The van der Waals surface area contributed by atoms with E-state index in [-0.39, 0.29) is 5.56 Å². The molecule has 8 nitrogen and oxygen atoms in total. The van der Waals surface area contributed by atoms with Gasteiger partial charge < -0.3 is 14.2 Å². The summed E-state index contributed by atoms with van der Waals surface area (Å²) in [7, 11) is 2.16. The van der Waals surface area contributed by atoms with Crippen LogP contribution in [0.5, 0.6) is 5.75 Å². The van der Waals surface area contributed by atoms with E-state index >= 15 is 0 Å². The highest BCUT2D eigenvalue weighted by Gasteiger charge is 2.17. The number of benzene rings is 1. The van der Waals surface area contributed by atoms with E-state index < -0.39 is 0 Å². The number of nitrogens with zero attached hydrogens (tertiary/aromatic N) is 6. The summed E-state index contributed by atoms with van der Waals surface area (Å²) < 4.78 is 7.59. The first-order valence-electron chi connectivity index (χ1n) is 12.3. The fourth-order valence-corrected chi connectivity index (χ4v) is 4.44. The Morgan fingerprint density at radius 1 is 1.03 bits per heavy atom. The van der Waals surface area contributed by atoms with Gasteiger partial charge in [-0.05, 0) is 68.7 Å². The average Bonchev–Trinajstić information content (AvgIpc) is 2.94. The molecule has 0 spiro atoms. The van der Waals surface area contributed by atoms with Crippen LogP contribution in [0.4, 0.5) is 5.69 Å². The molecule has 8 heteroatoms. The summed E-state index contributed by atoms with van der Waals surface area (Å²) in [5, 5.41) is 0. The number of ether oxygens (including phenoxy) is 1. The lowest BCUT2D eigenvalue weighted by Gasteiger charge is -2.28. The number of likely N-dealkylation sites (tertiary alicyclic amines) is 1. The van der Waals surface area contributed by atoms with Crippen molar-refractivity contribution in [3.63, 3.8) is 0 Å². The van der Waals surface area contributed by atoms with Gasteiger partial charge in [0.25, 0.3) is 5.56 Å². The van der Waals surface area contributed by atoms with Gasteiger partial charge in [-0.2, -0.15) is 0 Å². The molecule has 0 N–H and O–H groups in total. The summed E-state index contributed by atoms with van der Waals surface area (Å²) in [5.74, 6) is 1.86. The van der Waals surface area contributed by atoms with Gasteiger partial charge in [-0.3, -0.25) is 9.78 Å². The van der Waals surface area contributed by atoms with E-state index in [0.717, 1.165) is 42.6 Å². The first-order valence-corrected chi connectivity index (χ1v) is 12.3. The zero-order chi connectivity index (χ0) is 25.6. The van der Waals surface area contributed by atoms with Gasteiger partial charge in [0.1, 0.15) is 0 Å². The lowest BCUT2D eigenvalue weighted by Crippen LogP contribution is -2.32. The van der Waals surface area contributed by atoms with E-state index in [9.17, 15) is 4.79 Å². The maximum atomic E-state index is 12.6.